The van der Waals surface area contributed by atoms with E-state index in [2.05, 4.69) is 4.98 Å². The molecule has 1 N–H and O–H groups in total. The van der Waals surface area contributed by atoms with Gasteiger partial charge in [0.2, 0.25) is 11.6 Å². The summed E-state index contributed by atoms with van der Waals surface area (Å²) in [5, 5.41) is 20.5. The van der Waals surface area contributed by atoms with Gasteiger partial charge in [-0.15, -0.1) is 0 Å². The van der Waals surface area contributed by atoms with Gasteiger partial charge in [-0.3, -0.25) is 9.36 Å². The topological polar surface area (TPSA) is 101 Å². The molecule has 8 heteroatoms. The monoisotopic (exact) mass is 296 g/mol. The average Bonchev–Trinajstić information content (AvgIpc) is 2.74. The van der Waals surface area contributed by atoms with Gasteiger partial charge >= 0.3 is 11.8 Å². The Morgan fingerprint density at radius 1 is 1.52 bits per heavy atom. The van der Waals surface area contributed by atoms with Crippen LogP contribution in [0.3, 0.4) is 0 Å². The fraction of sp³-hybridized carbons (Fsp3) is 0.692. The highest BCUT2D eigenvalue weighted by atomic mass is 16.6. The number of anilines is 1. The van der Waals surface area contributed by atoms with Crippen LogP contribution in [-0.4, -0.2) is 38.6 Å². The van der Waals surface area contributed by atoms with Crippen LogP contribution in [0.2, 0.25) is 0 Å². The third kappa shape index (κ3) is 2.84. The van der Waals surface area contributed by atoms with Crippen molar-refractivity contribution < 1.29 is 14.8 Å². The third-order valence-electron chi connectivity index (χ3n) is 3.91. The van der Waals surface area contributed by atoms with Crippen molar-refractivity contribution in [3.05, 3.63) is 15.9 Å². The zero-order chi connectivity index (χ0) is 15.7. The molecular formula is C13H20N4O4. The Hall–Kier alpha value is -2.12. The Labute approximate surface area is 122 Å². The minimum atomic E-state index is -0.853. The second-order valence-electron chi connectivity index (χ2n) is 5.59. The van der Waals surface area contributed by atoms with Crippen molar-refractivity contribution in [2.45, 2.75) is 33.7 Å². The molecule has 2 atom stereocenters. The van der Waals surface area contributed by atoms with E-state index in [0.717, 1.165) is 0 Å². The number of carboxylic acid groups (broad SMARTS) is 1. The lowest BCUT2D eigenvalue weighted by Crippen LogP contribution is -2.43. The van der Waals surface area contributed by atoms with E-state index < -0.39 is 16.8 Å². The van der Waals surface area contributed by atoms with Crippen molar-refractivity contribution in [3.8, 4) is 0 Å². The van der Waals surface area contributed by atoms with Gasteiger partial charge in [-0.2, -0.15) is 0 Å². The Kier molecular flexibility index (Phi) is 4.15. The van der Waals surface area contributed by atoms with Crippen LogP contribution in [0.15, 0.2) is 0 Å². The van der Waals surface area contributed by atoms with E-state index in [1.54, 1.807) is 16.4 Å². The van der Waals surface area contributed by atoms with Crippen molar-refractivity contribution >= 4 is 17.6 Å². The first-order chi connectivity index (χ1) is 9.85. The highest BCUT2D eigenvalue weighted by molar-refractivity contribution is 5.71. The maximum atomic E-state index is 11.3. The normalized spacial score (nSPS) is 22.3. The largest absolute Gasteiger partial charge is 0.481 e. The number of aliphatic carboxylic acids is 1. The summed E-state index contributed by atoms with van der Waals surface area (Å²) in [6, 6.07) is 0. The first kappa shape index (κ1) is 15.3. The molecule has 1 aliphatic rings. The molecule has 0 bridgehead atoms. The zero-order valence-electron chi connectivity index (χ0n) is 12.4. The van der Waals surface area contributed by atoms with E-state index in [1.807, 2.05) is 13.8 Å². The molecule has 1 aromatic rings. The molecule has 0 aromatic carbocycles. The van der Waals surface area contributed by atoms with Crippen molar-refractivity contribution in [3.63, 3.8) is 0 Å². The Morgan fingerprint density at radius 2 is 2.19 bits per heavy atom. The molecule has 0 spiro atoms. The summed E-state index contributed by atoms with van der Waals surface area (Å²) in [6.07, 6.45) is 0.596. The number of hydrogen-bond acceptors (Lipinski definition) is 5. The van der Waals surface area contributed by atoms with Gasteiger partial charge in [0.1, 0.15) is 0 Å². The fourth-order valence-electron chi connectivity index (χ4n) is 3.05. The maximum Gasteiger partial charge on any atom is 0.406 e. The van der Waals surface area contributed by atoms with Gasteiger partial charge in [0.25, 0.3) is 0 Å². The van der Waals surface area contributed by atoms with Crippen LogP contribution in [0.1, 0.15) is 26.1 Å². The Bertz CT molecular complexity index is 569. The Balaban J connectivity index is 2.44. The van der Waals surface area contributed by atoms with Gasteiger partial charge in [-0.25, -0.2) is 0 Å². The first-order valence-corrected chi connectivity index (χ1v) is 7.04. The number of aromatic nitrogens is 2. The number of carbonyl (C=O) groups is 1. The van der Waals surface area contributed by atoms with E-state index in [4.69, 9.17) is 0 Å². The molecule has 0 amide bonds. The molecular weight excluding hydrogens is 276 g/mol. The van der Waals surface area contributed by atoms with E-state index in [9.17, 15) is 20.0 Å². The van der Waals surface area contributed by atoms with Crippen LogP contribution in [0.25, 0.3) is 0 Å². The van der Waals surface area contributed by atoms with Gasteiger partial charge < -0.3 is 20.1 Å². The molecule has 2 unspecified atom stereocenters. The molecule has 1 aliphatic heterocycles. The molecule has 1 fully saturated rings. The van der Waals surface area contributed by atoms with E-state index in [-0.39, 0.29) is 18.3 Å². The molecule has 1 saturated heterocycles. The number of aryl methyl sites for hydroxylation is 1. The van der Waals surface area contributed by atoms with Crippen LogP contribution >= 0.6 is 0 Å². The first-order valence-electron chi connectivity index (χ1n) is 7.04. The Morgan fingerprint density at radius 3 is 2.71 bits per heavy atom. The lowest BCUT2D eigenvalue weighted by atomic mass is 9.90. The van der Waals surface area contributed by atoms with Crippen LogP contribution in [0.5, 0.6) is 0 Å². The van der Waals surface area contributed by atoms with E-state index in [0.29, 0.717) is 31.2 Å². The van der Waals surface area contributed by atoms with Gasteiger partial charge in [0.15, 0.2) is 0 Å². The summed E-state index contributed by atoms with van der Waals surface area (Å²) < 4.78 is 1.77. The van der Waals surface area contributed by atoms with Crippen LogP contribution < -0.4 is 4.90 Å². The number of piperidine rings is 1. The van der Waals surface area contributed by atoms with Crippen LogP contribution in [0.4, 0.5) is 11.6 Å². The summed E-state index contributed by atoms with van der Waals surface area (Å²) in [5.74, 6) is -0.378. The smallest absolute Gasteiger partial charge is 0.406 e. The minimum Gasteiger partial charge on any atom is -0.481 e. The fourth-order valence-corrected chi connectivity index (χ4v) is 3.05. The molecule has 0 aliphatic carbocycles. The molecule has 116 valence electrons. The number of imidazole rings is 1. The SMILES string of the molecule is CCn1c(C)nc([N+](=O)[O-])c1N1CC(C)CC(C(=O)O)C1. The molecule has 2 heterocycles. The quantitative estimate of drug-likeness (QED) is 0.670. The van der Waals surface area contributed by atoms with Crippen LogP contribution in [0, 0.1) is 28.9 Å². The lowest BCUT2D eigenvalue weighted by Gasteiger charge is -2.35. The summed E-state index contributed by atoms with van der Waals surface area (Å²) in [6.45, 7) is 7.03. The molecule has 1 aromatic heterocycles. The van der Waals surface area contributed by atoms with Gasteiger partial charge in [-0.1, -0.05) is 6.92 Å². The number of carboxylic acids is 1. The van der Waals surface area contributed by atoms with Crippen molar-refractivity contribution in [2.24, 2.45) is 11.8 Å². The molecule has 8 nitrogen and oxygen atoms in total. The summed E-state index contributed by atoms with van der Waals surface area (Å²) in [5.41, 5.74) is 0. The summed E-state index contributed by atoms with van der Waals surface area (Å²) >= 11 is 0. The standard InChI is InChI=1S/C13H20N4O4/c1-4-16-9(3)14-11(17(20)21)12(16)15-6-8(2)5-10(7-15)13(18)19/h8,10H,4-7H2,1-3H3,(H,18,19). The maximum absolute atomic E-state index is 11.3. The predicted octanol–water partition coefficient (Wildman–Crippen LogP) is 1.67. The summed E-state index contributed by atoms with van der Waals surface area (Å²) in [4.78, 5) is 27.8. The average molecular weight is 296 g/mol. The van der Waals surface area contributed by atoms with Crippen LogP contribution in [-0.2, 0) is 11.3 Å². The van der Waals surface area contributed by atoms with Gasteiger partial charge in [-0.05, 0) is 29.2 Å². The number of hydrogen-bond donors (Lipinski definition) is 1. The summed E-state index contributed by atoms with van der Waals surface area (Å²) in [7, 11) is 0. The molecule has 21 heavy (non-hydrogen) atoms. The number of nitro groups is 1. The minimum absolute atomic E-state index is 0.167. The van der Waals surface area contributed by atoms with Gasteiger partial charge in [0, 0.05) is 26.6 Å². The predicted molar refractivity (Wildman–Crippen MR) is 76.4 cm³/mol. The van der Waals surface area contributed by atoms with E-state index >= 15 is 0 Å². The number of nitrogens with zero attached hydrogens (tertiary/aromatic N) is 4. The van der Waals surface area contributed by atoms with E-state index in [1.165, 1.54) is 0 Å². The third-order valence-corrected chi connectivity index (χ3v) is 3.91. The number of rotatable bonds is 4. The van der Waals surface area contributed by atoms with Crippen molar-refractivity contribution in [1.82, 2.24) is 9.55 Å². The highest BCUT2D eigenvalue weighted by Crippen LogP contribution is 2.33. The van der Waals surface area contributed by atoms with Crippen molar-refractivity contribution in [2.75, 3.05) is 18.0 Å². The molecule has 0 radical (unpaired) electrons. The second kappa shape index (κ2) is 5.71. The van der Waals surface area contributed by atoms with Gasteiger partial charge in [0.05, 0.1) is 5.92 Å². The lowest BCUT2D eigenvalue weighted by molar-refractivity contribution is -0.388. The molecule has 0 saturated carbocycles. The highest BCUT2D eigenvalue weighted by Gasteiger charge is 2.36. The zero-order valence-corrected chi connectivity index (χ0v) is 12.4. The molecule has 2 rings (SSSR count). The van der Waals surface area contributed by atoms with Crippen molar-refractivity contribution in [1.29, 1.82) is 0 Å². The second-order valence-corrected chi connectivity index (χ2v) is 5.59.